The molecule has 112 valence electrons. The fourth-order valence-electron chi connectivity index (χ4n) is 3.01. The lowest BCUT2D eigenvalue weighted by atomic mass is 10.2. The maximum absolute atomic E-state index is 11.2. The summed E-state index contributed by atoms with van der Waals surface area (Å²) < 4.78 is 1.80. The van der Waals surface area contributed by atoms with Crippen molar-refractivity contribution in [2.24, 2.45) is 7.05 Å². The van der Waals surface area contributed by atoms with E-state index >= 15 is 0 Å². The summed E-state index contributed by atoms with van der Waals surface area (Å²) in [5.41, 5.74) is 1.79. The highest BCUT2D eigenvalue weighted by Gasteiger charge is 2.27. The van der Waals surface area contributed by atoms with Crippen molar-refractivity contribution in [1.82, 2.24) is 25.1 Å². The van der Waals surface area contributed by atoms with E-state index in [4.69, 9.17) is 0 Å². The molecule has 1 atom stereocenters. The van der Waals surface area contributed by atoms with Crippen LogP contribution in [0.3, 0.4) is 0 Å². The van der Waals surface area contributed by atoms with Gasteiger partial charge in [-0.2, -0.15) is 5.10 Å². The van der Waals surface area contributed by atoms with Gasteiger partial charge in [-0.25, -0.2) is 9.97 Å². The van der Waals surface area contributed by atoms with Crippen LogP contribution in [0.5, 0.6) is 0 Å². The number of anilines is 1. The monoisotopic (exact) mass is 288 g/mol. The number of hydrogen-bond acceptors (Lipinski definition) is 5. The molecular weight excluding hydrogens is 268 g/mol. The maximum atomic E-state index is 11.2. The van der Waals surface area contributed by atoms with Gasteiger partial charge in [-0.1, -0.05) is 0 Å². The van der Waals surface area contributed by atoms with Crippen molar-refractivity contribution in [1.29, 1.82) is 0 Å². The molecule has 2 aromatic heterocycles. The maximum Gasteiger partial charge on any atom is 0.217 e. The van der Waals surface area contributed by atoms with Crippen molar-refractivity contribution in [2.75, 3.05) is 18.0 Å². The SMILES string of the molecule is CC(=O)N[C@H]1CCN(c2nc(C)nc3c2c(C)nn3C)C1. The van der Waals surface area contributed by atoms with E-state index < -0.39 is 0 Å². The summed E-state index contributed by atoms with van der Waals surface area (Å²) in [6.45, 7) is 7.09. The van der Waals surface area contributed by atoms with Gasteiger partial charge < -0.3 is 10.2 Å². The van der Waals surface area contributed by atoms with E-state index in [1.54, 1.807) is 11.6 Å². The molecule has 7 nitrogen and oxygen atoms in total. The first-order chi connectivity index (χ1) is 9.95. The third-order valence-electron chi connectivity index (χ3n) is 3.85. The Morgan fingerprint density at radius 3 is 2.81 bits per heavy atom. The number of amides is 1. The van der Waals surface area contributed by atoms with E-state index in [9.17, 15) is 4.79 Å². The van der Waals surface area contributed by atoms with E-state index in [0.29, 0.717) is 0 Å². The van der Waals surface area contributed by atoms with Crippen LogP contribution in [-0.4, -0.2) is 44.8 Å². The van der Waals surface area contributed by atoms with Crippen LogP contribution in [0.1, 0.15) is 24.9 Å². The number of fused-ring (bicyclic) bond motifs is 1. The quantitative estimate of drug-likeness (QED) is 0.880. The van der Waals surface area contributed by atoms with Crippen LogP contribution in [0.4, 0.5) is 5.82 Å². The Balaban J connectivity index is 1.99. The van der Waals surface area contributed by atoms with E-state index in [2.05, 4.69) is 25.3 Å². The van der Waals surface area contributed by atoms with Gasteiger partial charge in [0, 0.05) is 33.1 Å². The molecule has 1 amide bonds. The Bertz CT molecular complexity index is 707. The first kappa shape index (κ1) is 13.8. The molecule has 2 aromatic rings. The van der Waals surface area contributed by atoms with Crippen LogP contribution < -0.4 is 10.2 Å². The Kier molecular flexibility index (Phi) is 3.27. The fraction of sp³-hybridized carbons (Fsp3) is 0.571. The minimum atomic E-state index is 0.0171. The van der Waals surface area contributed by atoms with Gasteiger partial charge in [0.1, 0.15) is 11.6 Å². The molecule has 0 spiro atoms. The Morgan fingerprint density at radius 2 is 2.10 bits per heavy atom. The van der Waals surface area contributed by atoms with Crippen molar-refractivity contribution in [3.05, 3.63) is 11.5 Å². The Hall–Kier alpha value is -2.18. The molecule has 3 rings (SSSR count). The molecule has 0 radical (unpaired) electrons. The average Bonchev–Trinajstić information content (AvgIpc) is 2.94. The van der Waals surface area contributed by atoms with Gasteiger partial charge >= 0.3 is 0 Å². The first-order valence-corrected chi connectivity index (χ1v) is 7.15. The Morgan fingerprint density at radius 1 is 1.33 bits per heavy atom. The smallest absolute Gasteiger partial charge is 0.217 e. The third kappa shape index (κ3) is 2.43. The predicted octanol–water partition coefficient (Wildman–Crippen LogP) is 0.695. The molecule has 0 bridgehead atoms. The third-order valence-corrected chi connectivity index (χ3v) is 3.85. The summed E-state index contributed by atoms with van der Waals surface area (Å²) in [6, 6.07) is 0.185. The van der Waals surface area contributed by atoms with Crippen molar-refractivity contribution in [3.63, 3.8) is 0 Å². The summed E-state index contributed by atoms with van der Waals surface area (Å²) in [7, 11) is 1.90. The van der Waals surface area contributed by atoms with Gasteiger partial charge in [0.2, 0.25) is 5.91 Å². The second-order valence-electron chi connectivity index (χ2n) is 5.63. The zero-order valence-electron chi connectivity index (χ0n) is 12.8. The predicted molar refractivity (Wildman–Crippen MR) is 80.2 cm³/mol. The number of nitrogens with zero attached hydrogens (tertiary/aromatic N) is 5. The Labute approximate surface area is 123 Å². The molecule has 3 heterocycles. The summed E-state index contributed by atoms with van der Waals surface area (Å²) in [5, 5.41) is 8.43. The molecular formula is C14H20N6O. The number of carbonyl (C=O) groups is 1. The molecule has 0 aliphatic carbocycles. The molecule has 21 heavy (non-hydrogen) atoms. The normalized spacial score (nSPS) is 18.5. The molecule has 7 heteroatoms. The van der Waals surface area contributed by atoms with Gasteiger partial charge in [0.15, 0.2) is 5.65 Å². The topological polar surface area (TPSA) is 75.9 Å². The molecule has 1 saturated heterocycles. The molecule has 0 unspecified atom stereocenters. The van der Waals surface area contributed by atoms with Gasteiger partial charge in [0.05, 0.1) is 11.1 Å². The van der Waals surface area contributed by atoms with Crippen molar-refractivity contribution < 1.29 is 4.79 Å². The molecule has 1 aliphatic rings. The highest BCUT2D eigenvalue weighted by atomic mass is 16.1. The lowest BCUT2D eigenvalue weighted by Crippen LogP contribution is -2.35. The number of rotatable bonds is 2. The number of aromatic nitrogens is 4. The van der Waals surface area contributed by atoms with E-state index in [1.807, 2.05) is 20.9 Å². The van der Waals surface area contributed by atoms with Crippen LogP contribution in [0, 0.1) is 13.8 Å². The van der Waals surface area contributed by atoms with E-state index in [-0.39, 0.29) is 11.9 Å². The van der Waals surface area contributed by atoms with Crippen molar-refractivity contribution >= 4 is 22.8 Å². The highest BCUT2D eigenvalue weighted by Crippen LogP contribution is 2.29. The van der Waals surface area contributed by atoms with Gasteiger partial charge in [-0.15, -0.1) is 0 Å². The van der Waals surface area contributed by atoms with E-state index in [0.717, 1.165) is 47.9 Å². The van der Waals surface area contributed by atoms with Gasteiger partial charge in [-0.3, -0.25) is 9.48 Å². The van der Waals surface area contributed by atoms with Crippen molar-refractivity contribution in [3.8, 4) is 0 Å². The van der Waals surface area contributed by atoms with Crippen LogP contribution in [0.25, 0.3) is 11.0 Å². The van der Waals surface area contributed by atoms with Crippen LogP contribution in [0.2, 0.25) is 0 Å². The lowest BCUT2D eigenvalue weighted by Gasteiger charge is -2.19. The zero-order chi connectivity index (χ0) is 15.1. The molecule has 0 saturated carbocycles. The minimum absolute atomic E-state index is 0.0171. The molecule has 1 fully saturated rings. The number of carbonyl (C=O) groups excluding carboxylic acids is 1. The second-order valence-corrected chi connectivity index (χ2v) is 5.63. The summed E-state index contributed by atoms with van der Waals surface area (Å²) >= 11 is 0. The summed E-state index contributed by atoms with van der Waals surface area (Å²) in [6.07, 6.45) is 0.934. The van der Waals surface area contributed by atoms with Crippen molar-refractivity contribution in [2.45, 2.75) is 33.2 Å². The average molecular weight is 288 g/mol. The van der Waals surface area contributed by atoms with Crippen LogP contribution in [-0.2, 0) is 11.8 Å². The van der Waals surface area contributed by atoms with Crippen LogP contribution in [0.15, 0.2) is 0 Å². The summed E-state index contributed by atoms with van der Waals surface area (Å²) in [4.78, 5) is 22.5. The second kappa shape index (κ2) is 4.98. The largest absolute Gasteiger partial charge is 0.354 e. The number of nitrogens with one attached hydrogen (secondary N) is 1. The zero-order valence-corrected chi connectivity index (χ0v) is 12.8. The van der Waals surface area contributed by atoms with Gasteiger partial charge in [-0.05, 0) is 20.3 Å². The minimum Gasteiger partial charge on any atom is -0.354 e. The van der Waals surface area contributed by atoms with E-state index in [1.165, 1.54) is 0 Å². The standard InChI is InChI=1S/C14H20N6O/c1-8-12-13(19(4)18-8)15-9(2)16-14(12)20-6-5-11(7-20)17-10(3)21/h11H,5-7H2,1-4H3,(H,17,21)/t11-/m0/s1. The molecule has 1 N–H and O–H groups in total. The lowest BCUT2D eigenvalue weighted by molar-refractivity contribution is -0.119. The highest BCUT2D eigenvalue weighted by molar-refractivity contribution is 5.90. The first-order valence-electron chi connectivity index (χ1n) is 7.15. The molecule has 1 aliphatic heterocycles. The number of hydrogen-bond donors (Lipinski definition) is 1. The van der Waals surface area contributed by atoms with Gasteiger partial charge in [0.25, 0.3) is 0 Å². The number of aryl methyl sites for hydroxylation is 3. The molecule has 0 aromatic carbocycles. The summed E-state index contributed by atoms with van der Waals surface area (Å²) in [5.74, 6) is 1.68. The fourth-order valence-corrected chi connectivity index (χ4v) is 3.01. The van der Waals surface area contributed by atoms with Crippen LogP contribution >= 0.6 is 0 Å².